The summed E-state index contributed by atoms with van der Waals surface area (Å²) in [6.45, 7) is 2.12. The van der Waals surface area contributed by atoms with Crippen molar-refractivity contribution in [1.82, 2.24) is 0 Å². The van der Waals surface area contributed by atoms with E-state index in [9.17, 15) is 4.79 Å². The summed E-state index contributed by atoms with van der Waals surface area (Å²) in [6.07, 6.45) is 4.18. The second-order valence-electron chi connectivity index (χ2n) is 5.01. The van der Waals surface area contributed by atoms with Crippen molar-refractivity contribution in [2.75, 3.05) is 7.11 Å². The Morgan fingerprint density at radius 2 is 1.95 bits per heavy atom. The zero-order valence-corrected chi connectivity index (χ0v) is 11.7. The van der Waals surface area contributed by atoms with E-state index >= 15 is 0 Å². The average molecular weight is 262 g/mol. The zero-order valence-electron chi connectivity index (χ0n) is 11.7. The number of hydrogen-bond acceptors (Lipinski definition) is 3. The Balaban J connectivity index is 2.05. The summed E-state index contributed by atoms with van der Waals surface area (Å²) in [4.78, 5) is 11.3. The number of ether oxygens (including phenoxy) is 2. The minimum Gasteiger partial charge on any atom is -0.496 e. The highest BCUT2D eigenvalue weighted by atomic mass is 16.5. The smallest absolute Gasteiger partial charge is 0.133 e. The monoisotopic (exact) mass is 262 g/mol. The Morgan fingerprint density at radius 3 is 2.58 bits per heavy atom. The van der Waals surface area contributed by atoms with Crippen LogP contribution < -0.4 is 4.74 Å². The lowest BCUT2D eigenvalue weighted by atomic mass is 9.96. The molecule has 0 bridgehead atoms. The first-order valence-electron chi connectivity index (χ1n) is 7.04. The molecule has 0 unspecified atom stereocenters. The molecule has 0 radical (unpaired) electrons. The van der Waals surface area contributed by atoms with Gasteiger partial charge in [0.1, 0.15) is 11.5 Å². The number of ketones is 1. The first-order chi connectivity index (χ1) is 9.24. The molecule has 0 saturated heterocycles. The van der Waals surface area contributed by atoms with Crippen LogP contribution in [0.15, 0.2) is 24.3 Å². The molecule has 1 aliphatic rings. The van der Waals surface area contributed by atoms with Crippen molar-refractivity contribution in [1.29, 1.82) is 0 Å². The van der Waals surface area contributed by atoms with Gasteiger partial charge in [0.2, 0.25) is 0 Å². The van der Waals surface area contributed by atoms with E-state index in [-0.39, 0.29) is 12.2 Å². The van der Waals surface area contributed by atoms with Gasteiger partial charge in [0.15, 0.2) is 0 Å². The molecule has 19 heavy (non-hydrogen) atoms. The van der Waals surface area contributed by atoms with Crippen LogP contribution in [0, 0.1) is 0 Å². The van der Waals surface area contributed by atoms with E-state index in [0.29, 0.717) is 18.6 Å². The quantitative estimate of drug-likeness (QED) is 0.812. The molecule has 1 fully saturated rings. The summed E-state index contributed by atoms with van der Waals surface area (Å²) in [6, 6.07) is 8.00. The van der Waals surface area contributed by atoms with E-state index < -0.39 is 0 Å². The summed E-state index contributed by atoms with van der Waals surface area (Å²) in [7, 11) is 1.69. The fourth-order valence-electron chi connectivity index (χ4n) is 2.60. The predicted molar refractivity (Wildman–Crippen MR) is 74.4 cm³/mol. The Bertz CT molecular complexity index is 418. The minimum absolute atomic E-state index is 0.0503. The van der Waals surface area contributed by atoms with Crippen LogP contribution in [0.2, 0.25) is 0 Å². The lowest BCUT2D eigenvalue weighted by Gasteiger charge is -2.27. The SMILES string of the molecule is CC[C@H](OC1CCC(=O)CC1)c1ccccc1OC. The molecule has 3 heteroatoms. The van der Waals surface area contributed by atoms with Crippen LogP contribution in [0.3, 0.4) is 0 Å². The van der Waals surface area contributed by atoms with Gasteiger partial charge in [-0.1, -0.05) is 25.1 Å². The van der Waals surface area contributed by atoms with Crippen LogP contribution in [0.4, 0.5) is 0 Å². The van der Waals surface area contributed by atoms with Crippen LogP contribution in [-0.4, -0.2) is 19.0 Å². The van der Waals surface area contributed by atoms with Crippen LogP contribution in [0.25, 0.3) is 0 Å². The van der Waals surface area contributed by atoms with Gasteiger partial charge in [0, 0.05) is 18.4 Å². The van der Waals surface area contributed by atoms with Gasteiger partial charge in [-0.2, -0.15) is 0 Å². The highest BCUT2D eigenvalue weighted by molar-refractivity contribution is 5.79. The van der Waals surface area contributed by atoms with Crippen LogP contribution >= 0.6 is 0 Å². The molecule has 1 aromatic rings. The topological polar surface area (TPSA) is 35.5 Å². The molecule has 0 aromatic heterocycles. The summed E-state index contributed by atoms with van der Waals surface area (Å²) < 4.78 is 11.6. The summed E-state index contributed by atoms with van der Waals surface area (Å²) >= 11 is 0. The van der Waals surface area contributed by atoms with Crippen LogP contribution in [0.1, 0.15) is 50.7 Å². The maximum absolute atomic E-state index is 11.3. The van der Waals surface area contributed by atoms with Crippen molar-refractivity contribution in [2.24, 2.45) is 0 Å². The number of Topliss-reactive ketones (excluding diaryl/α,β-unsaturated/α-hetero) is 1. The molecule has 0 heterocycles. The van der Waals surface area contributed by atoms with E-state index in [1.807, 2.05) is 18.2 Å². The van der Waals surface area contributed by atoms with E-state index in [0.717, 1.165) is 30.6 Å². The van der Waals surface area contributed by atoms with Crippen molar-refractivity contribution >= 4 is 5.78 Å². The number of carbonyl (C=O) groups excluding carboxylic acids is 1. The third-order valence-electron chi connectivity index (χ3n) is 3.70. The fraction of sp³-hybridized carbons (Fsp3) is 0.562. The standard InChI is InChI=1S/C16H22O3/c1-3-15(14-6-4-5-7-16(14)18-2)19-13-10-8-12(17)9-11-13/h4-7,13,15H,3,8-11H2,1-2H3/t15-/m0/s1. The van der Waals surface area contributed by atoms with Gasteiger partial charge in [0.05, 0.1) is 19.3 Å². The number of rotatable bonds is 5. The highest BCUT2D eigenvalue weighted by Crippen LogP contribution is 2.33. The molecular weight excluding hydrogens is 240 g/mol. The predicted octanol–water partition coefficient (Wildman–Crippen LogP) is 3.67. The Labute approximate surface area is 114 Å². The van der Waals surface area contributed by atoms with Crippen molar-refractivity contribution in [3.63, 3.8) is 0 Å². The molecule has 0 spiro atoms. The molecule has 1 aromatic carbocycles. The Kier molecular flexibility index (Phi) is 4.97. The molecule has 0 aliphatic heterocycles. The molecule has 0 amide bonds. The molecule has 1 aliphatic carbocycles. The number of carbonyl (C=O) groups is 1. The number of para-hydroxylation sites is 1. The largest absolute Gasteiger partial charge is 0.496 e. The Morgan fingerprint density at radius 1 is 1.26 bits per heavy atom. The van der Waals surface area contributed by atoms with Gasteiger partial charge in [-0.15, -0.1) is 0 Å². The second-order valence-corrected chi connectivity index (χ2v) is 5.01. The normalized spacial score (nSPS) is 18.3. The minimum atomic E-state index is 0.0503. The van der Waals surface area contributed by atoms with Gasteiger partial charge >= 0.3 is 0 Å². The van der Waals surface area contributed by atoms with E-state index in [2.05, 4.69) is 13.0 Å². The molecule has 104 valence electrons. The van der Waals surface area contributed by atoms with Crippen molar-refractivity contribution in [2.45, 2.75) is 51.2 Å². The first kappa shape index (κ1) is 14.1. The molecule has 0 N–H and O–H groups in total. The molecule has 1 saturated carbocycles. The maximum Gasteiger partial charge on any atom is 0.133 e. The molecule has 1 atom stereocenters. The van der Waals surface area contributed by atoms with Gasteiger partial charge in [-0.05, 0) is 25.3 Å². The average Bonchev–Trinajstić information content (AvgIpc) is 2.46. The molecule has 3 nitrogen and oxygen atoms in total. The van der Waals surface area contributed by atoms with Gasteiger partial charge in [-0.25, -0.2) is 0 Å². The maximum atomic E-state index is 11.3. The van der Waals surface area contributed by atoms with E-state index in [1.54, 1.807) is 7.11 Å². The third kappa shape index (κ3) is 3.57. The molecular formula is C16H22O3. The lowest BCUT2D eigenvalue weighted by molar-refractivity contribution is -0.124. The van der Waals surface area contributed by atoms with Crippen LogP contribution in [-0.2, 0) is 9.53 Å². The number of benzene rings is 1. The summed E-state index contributed by atoms with van der Waals surface area (Å²) in [5.74, 6) is 1.24. The van der Waals surface area contributed by atoms with Gasteiger partial charge in [-0.3, -0.25) is 4.79 Å². The third-order valence-corrected chi connectivity index (χ3v) is 3.70. The lowest BCUT2D eigenvalue weighted by Crippen LogP contribution is -2.23. The van der Waals surface area contributed by atoms with Crippen molar-refractivity contribution in [3.05, 3.63) is 29.8 Å². The number of methoxy groups -OCH3 is 1. The van der Waals surface area contributed by atoms with Gasteiger partial charge in [0.25, 0.3) is 0 Å². The summed E-state index contributed by atoms with van der Waals surface area (Å²) in [5, 5.41) is 0. The Hall–Kier alpha value is -1.35. The van der Waals surface area contributed by atoms with Crippen molar-refractivity contribution < 1.29 is 14.3 Å². The van der Waals surface area contributed by atoms with Crippen LogP contribution in [0.5, 0.6) is 5.75 Å². The summed E-state index contributed by atoms with van der Waals surface area (Å²) in [5.41, 5.74) is 1.10. The van der Waals surface area contributed by atoms with Gasteiger partial charge < -0.3 is 9.47 Å². The zero-order chi connectivity index (χ0) is 13.7. The second kappa shape index (κ2) is 6.71. The van der Waals surface area contributed by atoms with E-state index in [4.69, 9.17) is 9.47 Å². The fourth-order valence-corrected chi connectivity index (χ4v) is 2.60. The number of hydrogen-bond donors (Lipinski definition) is 0. The first-order valence-corrected chi connectivity index (χ1v) is 7.04. The molecule has 2 rings (SSSR count). The van der Waals surface area contributed by atoms with E-state index in [1.165, 1.54) is 0 Å². The van der Waals surface area contributed by atoms with Crippen molar-refractivity contribution in [3.8, 4) is 5.75 Å². The highest BCUT2D eigenvalue weighted by Gasteiger charge is 2.24.